The van der Waals surface area contributed by atoms with Gasteiger partial charge in [0.05, 0.1) is 6.42 Å². The van der Waals surface area contributed by atoms with Gasteiger partial charge < -0.3 is 5.11 Å². The van der Waals surface area contributed by atoms with E-state index in [4.69, 9.17) is 5.11 Å². The highest BCUT2D eigenvalue weighted by Crippen LogP contribution is 2.12. The maximum Gasteiger partial charge on any atom is 0.307 e. The van der Waals surface area contributed by atoms with E-state index in [1.165, 1.54) is 5.56 Å². The van der Waals surface area contributed by atoms with Gasteiger partial charge in [-0.25, -0.2) is 0 Å². The van der Waals surface area contributed by atoms with Crippen LogP contribution in [0.4, 0.5) is 0 Å². The van der Waals surface area contributed by atoms with Gasteiger partial charge in [-0.05, 0) is 30.9 Å². The first-order valence-electron chi connectivity index (χ1n) is 4.99. The molecule has 0 saturated heterocycles. The number of alkyl halides is 1. The van der Waals surface area contributed by atoms with Crippen molar-refractivity contribution < 1.29 is 9.90 Å². The number of hydrogen-bond donors (Lipinski definition) is 1. The Morgan fingerprint density at radius 1 is 1.33 bits per heavy atom. The summed E-state index contributed by atoms with van der Waals surface area (Å²) in [5.74, 6) is -0.771. The molecule has 0 bridgehead atoms. The van der Waals surface area contributed by atoms with Crippen molar-refractivity contribution in [3.05, 3.63) is 34.9 Å². The van der Waals surface area contributed by atoms with Crippen LogP contribution in [0.1, 0.15) is 23.1 Å². The van der Waals surface area contributed by atoms with Crippen molar-refractivity contribution in [3.63, 3.8) is 0 Å². The third-order valence-electron chi connectivity index (χ3n) is 2.15. The summed E-state index contributed by atoms with van der Waals surface area (Å²) in [6, 6.07) is 6.05. The number of rotatable bonds is 5. The summed E-state index contributed by atoms with van der Waals surface area (Å²) in [5, 5.41) is 9.70. The molecule has 15 heavy (non-hydrogen) atoms. The molecule has 0 heterocycles. The highest BCUT2D eigenvalue weighted by atomic mass is 79.9. The summed E-state index contributed by atoms with van der Waals surface area (Å²) >= 11 is 3.39. The number of benzene rings is 1. The molecule has 0 fully saturated rings. The Balaban J connectivity index is 2.79. The molecule has 0 spiro atoms. The number of halogens is 1. The zero-order valence-electron chi connectivity index (χ0n) is 8.79. The van der Waals surface area contributed by atoms with Gasteiger partial charge in [0.1, 0.15) is 0 Å². The first-order valence-corrected chi connectivity index (χ1v) is 6.11. The minimum absolute atomic E-state index is 0.114. The van der Waals surface area contributed by atoms with E-state index in [1.807, 2.05) is 19.1 Å². The fourth-order valence-electron chi connectivity index (χ4n) is 1.64. The largest absolute Gasteiger partial charge is 0.481 e. The van der Waals surface area contributed by atoms with E-state index in [-0.39, 0.29) is 6.42 Å². The molecular weight excluding hydrogens is 256 g/mol. The van der Waals surface area contributed by atoms with Crippen LogP contribution in [0.3, 0.4) is 0 Å². The Labute approximate surface area is 98.4 Å². The number of aryl methyl sites for hydroxylation is 2. The number of hydrogen-bond acceptors (Lipinski definition) is 1. The Kier molecular flexibility index (Phi) is 4.82. The van der Waals surface area contributed by atoms with Gasteiger partial charge in [0, 0.05) is 5.33 Å². The lowest BCUT2D eigenvalue weighted by Crippen LogP contribution is -2.01. The third-order valence-corrected chi connectivity index (χ3v) is 2.71. The van der Waals surface area contributed by atoms with Gasteiger partial charge in [0.25, 0.3) is 0 Å². The van der Waals surface area contributed by atoms with Gasteiger partial charge in [0.2, 0.25) is 0 Å². The van der Waals surface area contributed by atoms with Crippen LogP contribution in [0, 0.1) is 6.92 Å². The van der Waals surface area contributed by atoms with E-state index in [2.05, 4.69) is 22.0 Å². The molecule has 3 heteroatoms. The van der Waals surface area contributed by atoms with Crippen molar-refractivity contribution in [1.29, 1.82) is 0 Å². The minimum Gasteiger partial charge on any atom is -0.481 e. The molecule has 1 rings (SSSR count). The fraction of sp³-hybridized carbons (Fsp3) is 0.417. The summed E-state index contributed by atoms with van der Waals surface area (Å²) in [6.07, 6.45) is 2.19. The Morgan fingerprint density at radius 3 is 2.60 bits per heavy atom. The molecule has 0 aromatic heterocycles. The molecule has 0 atom stereocenters. The molecular formula is C12H15BrO2. The second-order valence-electron chi connectivity index (χ2n) is 3.69. The highest BCUT2D eigenvalue weighted by molar-refractivity contribution is 9.09. The van der Waals surface area contributed by atoms with Crippen LogP contribution in [0.5, 0.6) is 0 Å². The van der Waals surface area contributed by atoms with E-state index in [0.29, 0.717) is 0 Å². The molecule has 0 radical (unpaired) electrons. The summed E-state index contributed by atoms with van der Waals surface area (Å²) in [4.78, 5) is 10.6. The fourth-order valence-corrected chi connectivity index (χ4v) is 1.92. The molecule has 0 saturated carbocycles. The molecule has 1 aromatic carbocycles. The van der Waals surface area contributed by atoms with Crippen LogP contribution in [-0.2, 0) is 17.6 Å². The molecule has 82 valence electrons. The van der Waals surface area contributed by atoms with Crippen LogP contribution >= 0.6 is 15.9 Å². The maximum atomic E-state index is 10.6. The van der Waals surface area contributed by atoms with Crippen molar-refractivity contribution in [3.8, 4) is 0 Å². The maximum absolute atomic E-state index is 10.6. The topological polar surface area (TPSA) is 37.3 Å². The van der Waals surface area contributed by atoms with E-state index in [1.54, 1.807) is 0 Å². The SMILES string of the molecule is Cc1cc(CCCBr)cc(CC(=O)O)c1. The number of carboxylic acid groups (broad SMARTS) is 1. The van der Waals surface area contributed by atoms with Crippen molar-refractivity contribution in [2.24, 2.45) is 0 Å². The van der Waals surface area contributed by atoms with E-state index >= 15 is 0 Å². The van der Waals surface area contributed by atoms with E-state index in [9.17, 15) is 4.79 Å². The smallest absolute Gasteiger partial charge is 0.307 e. The Hall–Kier alpha value is -0.830. The summed E-state index contributed by atoms with van der Waals surface area (Å²) < 4.78 is 0. The number of carboxylic acids is 1. The van der Waals surface area contributed by atoms with Crippen molar-refractivity contribution >= 4 is 21.9 Å². The first kappa shape index (κ1) is 12.2. The zero-order valence-corrected chi connectivity index (χ0v) is 10.4. The predicted molar refractivity (Wildman–Crippen MR) is 64.6 cm³/mol. The van der Waals surface area contributed by atoms with Gasteiger partial charge in [-0.2, -0.15) is 0 Å². The van der Waals surface area contributed by atoms with Crippen LogP contribution in [0.15, 0.2) is 18.2 Å². The van der Waals surface area contributed by atoms with E-state index in [0.717, 1.165) is 29.3 Å². The standard InChI is InChI=1S/C12H15BrO2/c1-9-5-10(3-2-4-13)7-11(6-9)8-12(14)15/h5-7H,2-4,8H2,1H3,(H,14,15). The summed E-state index contributed by atoms with van der Waals surface area (Å²) in [5.41, 5.74) is 3.26. The van der Waals surface area contributed by atoms with Gasteiger partial charge >= 0.3 is 5.97 Å². The van der Waals surface area contributed by atoms with Crippen LogP contribution in [0.25, 0.3) is 0 Å². The lowest BCUT2D eigenvalue weighted by molar-refractivity contribution is -0.136. The molecule has 0 unspecified atom stereocenters. The quantitative estimate of drug-likeness (QED) is 0.836. The van der Waals surface area contributed by atoms with Crippen molar-refractivity contribution in [2.75, 3.05) is 5.33 Å². The van der Waals surface area contributed by atoms with Crippen LogP contribution in [-0.4, -0.2) is 16.4 Å². The summed E-state index contributed by atoms with van der Waals surface area (Å²) in [7, 11) is 0. The normalized spacial score (nSPS) is 10.3. The van der Waals surface area contributed by atoms with Gasteiger partial charge in [-0.3, -0.25) is 4.79 Å². The molecule has 2 nitrogen and oxygen atoms in total. The minimum atomic E-state index is -0.771. The zero-order chi connectivity index (χ0) is 11.3. The number of aliphatic carboxylic acids is 1. The summed E-state index contributed by atoms with van der Waals surface area (Å²) in [6.45, 7) is 2.00. The monoisotopic (exact) mass is 270 g/mol. The number of carbonyl (C=O) groups is 1. The van der Waals surface area contributed by atoms with Crippen LogP contribution < -0.4 is 0 Å². The van der Waals surface area contributed by atoms with E-state index < -0.39 is 5.97 Å². The average molecular weight is 271 g/mol. The highest BCUT2D eigenvalue weighted by Gasteiger charge is 2.03. The first-order chi connectivity index (χ1) is 7.11. The predicted octanol–water partition coefficient (Wildman–Crippen LogP) is 2.95. The van der Waals surface area contributed by atoms with Gasteiger partial charge in [0.15, 0.2) is 0 Å². The third kappa shape index (κ3) is 4.47. The lowest BCUT2D eigenvalue weighted by Gasteiger charge is -2.05. The Bertz CT molecular complexity index is 347. The van der Waals surface area contributed by atoms with Crippen LogP contribution in [0.2, 0.25) is 0 Å². The Morgan fingerprint density at radius 2 is 2.00 bits per heavy atom. The molecule has 1 N–H and O–H groups in total. The van der Waals surface area contributed by atoms with Gasteiger partial charge in [-0.15, -0.1) is 0 Å². The molecule has 0 aliphatic heterocycles. The average Bonchev–Trinajstić information content (AvgIpc) is 2.12. The molecule has 0 aliphatic carbocycles. The lowest BCUT2D eigenvalue weighted by atomic mass is 10.0. The van der Waals surface area contributed by atoms with Crippen molar-refractivity contribution in [1.82, 2.24) is 0 Å². The second kappa shape index (κ2) is 5.91. The van der Waals surface area contributed by atoms with Crippen molar-refractivity contribution in [2.45, 2.75) is 26.2 Å². The molecule has 1 aromatic rings. The molecule has 0 amide bonds. The molecule has 0 aliphatic rings. The van der Waals surface area contributed by atoms with Gasteiger partial charge in [-0.1, -0.05) is 39.7 Å². The second-order valence-corrected chi connectivity index (χ2v) is 4.48.